The van der Waals surface area contributed by atoms with Gasteiger partial charge in [0.1, 0.15) is 12.4 Å². The molecule has 0 aromatic heterocycles. The van der Waals surface area contributed by atoms with Gasteiger partial charge in [-0.05, 0) is 54.7 Å². The Morgan fingerprint density at radius 1 is 0.655 bits per heavy atom. The predicted octanol–water partition coefficient (Wildman–Crippen LogP) is 10.5. The Morgan fingerprint density at radius 2 is 1.13 bits per heavy atom. The molecule has 10 heteroatoms. The molecule has 0 N–H and O–H groups in total. The average molecular weight is 819 g/mol. The van der Waals surface area contributed by atoms with E-state index in [-0.39, 0.29) is 24.3 Å². The van der Waals surface area contributed by atoms with Crippen LogP contribution >= 0.6 is 36.3 Å². The van der Waals surface area contributed by atoms with Crippen LogP contribution in [0.15, 0.2) is 170 Å². The Balaban J connectivity index is 0.000000409. The third kappa shape index (κ3) is 21.5. The number of aldehydes is 1. The fourth-order valence-corrected chi connectivity index (χ4v) is 8.02. The number of hydrogen-bond donors (Lipinski definition) is 0. The highest BCUT2D eigenvalue weighted by atomic mass is 31.1. The molecular formula is C45H58O6P4. The molecular weight excluding hydrogens is 760 g/mol. The SMILES string of the molecule is CC.CCC(OP)C(OP)c1ccccc1.COC(=O)CC/C=C\CC(/C=C/C=C\C=C\C=O)OP.c1ccc(P(c2ccccc2)c2ccccc2)cc1. The number of carbonyl (C=O) groups excluding carboxylic acids is 2. The second-order valence-corrected chi connectivity index (χ2v) is 14.2. The summed E-state index contributed by atoms with van der Waals surface area (Å²) < 4.78 is 20.4. The summed E-state index contributed by atoms with van der Waals surface area (Å²) in [5, 5.41) is 4.19. The number of methoxy groups -OCH3 is 1. The maximum Gasteiger partial charge on any atom is 0.305 e. The Morgan fingerprint density at radius 3 is 1.55 bits per heavy atom. The van der Waals surface area contributed by atoms with E-state index in [9.17, 15) is 9.59 Å². The first kappa shape index (κ1) is 49.6. The van der Waals surface area contributed by atoms with Gasteiger partial charge in [0, 0.05) is 34.8 Å². The van der Waals surface area contributed by atoms with Gasteiger partial charge in [-0.1, -0.05) is 185 Å². The molecule has 4 aromatic rings. The molecule has 294 valence electrons. The molecule has 4 aromatic carbocycles. The van der Waals surface area contributed by atoms with Crippen LogP contribution in [-0.4, -0.2) is 31.6 Å². The zero-order valence-corrected chi connectivity index (χ0v) is 36.8. The molecule has 0 spiro atoms. The van der Waals surface area contributed by atoms with Crippen molar-refractivity contribution >= 4 is 64.5 Å². The highest BCUT2D eigenvalue weighted by molar-refractivity contribution is 7.79. The van der Waals surface area contributed by atoms with Crippen LogP contribution in [-0.2, 0) is 27.9 Å². The Hall–Kier alpha value is -3.42. The summed E-state index contributed by atoms with van der Waals surface area (Å²) in [6.45, 7) is 6.08. The van der Waals surface area contributed by atoms with Crippen molar-refractivity contribution in [2.45, 2.75) is 64.8 Å². The first-order valence-corrected chi connectivity index (χ1v) is 21.0. The van der Waals surface area contributed by atoms with Gasteiger partial charge in [-0.2, -0.15) is 0 Å². The second-order valence-electron chi connectivity index (χ2n) is 11.2. The van der Waals surface area contributed by atoms with Crippen molar-refractivity contribution in [2.75, 3.05) is 7.11 Å². The van der Waals surface area contributed by atoms with Crippen LogP contribution in [0.3, 0.4) is 0 Å². The average Bonchev–Trinajstić information content (AvgIpc) is 3.25. The molecule has 0 aliphatic heterocycles. The number of carbonyl (C=O) groups is 2. The quantitative estimate of drug-likeness (QED) is 0.0249. The molecule has 0 fully saturated rings. The number of ether oxygens (including phenoxy) is 1. The van der Waals surface area contributed by atoms with Crippen LogP contribution in [0.2, 0.25) is 0 Å². The minimum absolute atomic E-state index is 0.0244. The molecule has 4 rings (SSSR count). The lowest BCUT2D eigenvalue weighted by atomic mass is 10.0. The van der Waals surface area contributed by atoms with Gasteiger partial charge in [0.05, 0.1) is 19.3 Å². The highest BCUT2D eigenvalue weighted by Gasteiger charge is 2.21. The Bertz CT molecular complexity index is 1540. The number of esters is 1. The van der Waals surface area contributed by atoms with Gasteiger partial charge in [-0.3, -0.25) is 9.59 Å². The van der Waals surface area contributed by atoms with E-state index in [2.05, 4.69) is 131 Å². The smallest absolute Gasteiger partial charge is 0.305 e. The van der Waals surface area contributed by atoms with Crippen molar-refractivity contribution in [3.8, 4) is 0 Å². The maximum absolute atomic E-state index is 10.9. The number of rotatable bonds is 18. The fourth-order valence-electron chi connectivity index (χ4n) is 4.84. The van der Waals surface area contributed by atoms with Crippen molar-refractivity contribution in [1.82, 2.24) is 0 Å². The van der Waals surface area contributed by atoms with Crippen LogP contribution in [0.4, 0.5) is 0 Å². The molecule has 0 saturated carbocycles. The predicted molar refractivity (Wildman–Crippen MR) is 244 cm³/mol. The minimum atomic E-state index is -0.446. The Labute approximate surface area is 338 Å². The lowest BCUT2D eigenvalue weighted by Crippen LogP contribution is -2.20. The summed E-state index contributed by atoms with van der Waals surface area (Å²) in [6, 6.07) is 42.4. The van der Waals surface area contributed by atoms with Gasteiger partial charge < -0.3 is 18.3 Å². The van der Waals surface area contributed by atoms with Gasteiger partial charge >= 0.3 is 5.97 Å². The van der Waals surface area contributed by atoms with Crippen LogP contribution in [0.1, 0.15) is 58.1 Å². The van der Waals surface area contributed by atoms with E-state index in [1.165, 1.54) is 29.1 Å². The van der Waals surface area contributed by atoms with E-state index < -0.39 is 7.92 Å². The zero-order valence-electron chi connectivity index (χ0n) is 32.4. The third-order valence-corrected chi connectivity index (χ3v) is 11.0. The van der Waals surface area contributed by atoms with E-state index in [1.807, 2.05) is 74.6 Å². The van der Waals surface area contributed by atoms with E-state index in [0.717, 1.165) is 24.7 Å². The summed E-state index contributed by atoms with van der Waals surface area (Å²) in [4.78, 5) is 20.9. The van der Waals surface area contributed by atoms with Crippen LogP contribution < -0.4 is 15.9 Å². The molecule has 0 heterocycles. The molecule has 0 saturated heterocycles. The molecule has 6 nitrogen and oxygen atoms in total. The molecule has 0 aliphatic carbocycles. The molecule has 0 aliphatic rings. The highest BCUT2D eigenvalue weighted by Crippen LogP contribution is 2.32. The first-order valence-electron chi connectivity index (χ1n) is 18.3. The van der Waals surface area contributed by atoms with E-state index in [1.54, 1.807) is 12.2 Å². The third-order valence-electron chi connectivity index (χ3n) is 7.53. The largest absolute Gasteiger partial charge is 0.469 e. The van der Waals surface area contributed by atoms with Crippen LogP contribution in [0, 0.1) is 0 Å². The van der Waals surface area contributed by atoms with Crippen molar-refractivity contribution < 1.29 is 27.9 Å². The first-order chi connectivity index (χ1) is 27.0. The molecule has 6 atom stereocenters. The lowest BCUT2D eigenvalue weighted by molar-refractivity contribution is -0.140. The standard InChI is InChI=1S/C18H15P.C15H21O4P.C10H16O2P2.C2H6/c1-4-10-16(11-5-1)19(17-12-6-2-7-13-17)18-14-8-3-9-15-18;1-18-15(17)12-8-5-7-11-14(19-20)10-6-3-2-4-9-13-16;1-2-9(11-13)10(12-14)8-6-4-3-5-7-8;1-2/h1-15H;2-7,9-10,13-14H,8,11-12,20H2,1H3;3-7,9-10H,2,13-14H2,1H3;1-2H3/b;3-2-,7-5-,9-4+,10-6+;;. The summed E-state index contributed by atoms with van der Waals surface area (Å²) in [5.41, 5.74) is 1.14. The number of allylic oxidation sites excluding steroid dienone is 6. The summed E-state index contributed by atoms with van der Waals surface area (Å²) in [7, 11) is 7.77. The maximum atomic E-state index is 10.9. The van der Waals surface area contributed by atoms with Gasteiger partial charge in [-0.15, -0.1) is 0 Å². The fraction of sp³-hybridized carbons (Fsp3) is 0.244. The van der Waals surface area contributed by atoms with Gasteiger partial charge in [0.25, 0.3) is 0 Å². The van der Waals surface area contributed by atoms with E-state index >= 15 is 0 Å². The second kappa shape index (κ2) is 33.9. The Kier molecular flexibility index (Phi) is 30.6. The lowest BCUT2D eigenvalue weighted by Gasteiger charge is -2.23. The zero-order chi connectivity index (χ0) is 40.4. The van der Waals surface area contributed by atoms with Crippen molar-refractivity contribution in [1.29, 1.82) is 0 Å². The van der Waals surface area contributed by atoms with E-state index in [4.69, 9.17) is 13.6 Å². The normalized spacial score (nSPS) is 12.6. The van der Waals surface area contributed by atoms with Crippen LogP contribution in [0.5, 0.6) is 0 Å². The molecule has 0 radical (unpaired) electrons. The van der Waals surface area contributed by atoms with Gasteiger partial charge in [0.2, 0.25) is 0 Å². The number of benzene rings is 4. The minimum Gasteiger partial charge on any atom is -0.469 e. The van der Waals surface area contributed by atoms with Gasteiger partial charge in [-0.25, -0.2) is 0 Å². The van der Waals surface area contributed by atoms with Crippen molar-refractivity contribution in [2.24, 2.45) is 0 Å². The van der Waals surface area contributed by atoms with Crippen molar-refractivity contribution in [3.63, 3.8) is 0 Å². The topological polar surface area (TPSA) is 71.1 Å². The summed E-state index contributed by atoms with van der Waals surface area (Å²) in [5.74, 6) is -0.207. The number of hydrogen-bond acceptors (Lipinski definition) is 6. The molecule has 0 amide bonds. The summed E-state index contributed by atoms with van der Waals surface area (Å²) in [6.07, 6.45) is 17.7. The monoisotopic (exact) mass is 818 g/mol. The van der Waals surface area contributed by atoms with E-state index in [0.29, 0.717) is 12.8 Å². The summed E-state index contributed by atoms with van der Waals surface area (Å²) >= 11 is 0. The van der Waals surface area contributed by atoms with Crippen LogP contribution in [0.25, 0.3) is 0 Å². The van der Waals surface area contributed by atoms with Crippen molar-refractivity contribution in [3.05, 3.63) is 175 Å². The van der Waals surface area contributed by atoms with Gasteiger partial charge in [0.15, 0.2) is 0 Å². The molecule has 0 bridgehead atoms. The molecule has 6 unspecified atom stereocenters. The molecule has 55 heavy (non-hydrogen) atoms.